The maximum atomic E-state index is 2.36. The van der Waals surface area contributed by atoms with Crippen molar-refractivity contribution in [3.63, 3.8) is 0 Å². The van der Waals surface area contributed by atoms with E-state index < -0.39 is 0 Å². The normalized spacial score (nSPS) is 11.4. The first kappa shape index (κ1) is 13.1. The fourth-order valence-corrected chi connectivity index (χ4v) is 4.43. The molecule has 0 fully saturated rings. The highest BCUT2D eigenvalue weighted by molar-refractivity contribution is 7.26. The topological polar surface area (TPSA) is 0 Å². The Hall–Kier alpha value is -0.340. The van der Waals surface area contributed by atoms with Gasteiger partial charge in [-0.25, -0.2) is 0 Å². The average molecular weight is 266 g/mol. The monoisotopic (exact) mass is 266 g/mol. The average Bonchev–Trinajstić information content (AvgIpc) is 2.92. The number of rotatable bonds is 8. The molecule has 0 N–H and O–H groups in total. The smallest absolute Gasteiger partial charge is 0.0482 e. The molecule has 2 aromatic heterocycles. The molecule has 2 aromatic rings. The standard InChI is InChI=1S/C15H22S2/c1-2-3-4-5-6-7-8-9-13-12-17-14-10-11-16-15(13)14/h10-12H,2-9H2,1H3. The van der Waals surface area contributed by atoms with Crippen LogP contribution >= 0.6 is 22.7 Å². The van der Waals surface area contributed by atoms with Crippen molar-refractivity contribution in [2.24, 2.45) is 0 Å². The third-order valence-corrected chi connectivity index (χ3v) is 5.41. The zero-order valence-corrected chi connectivity index (χ0v) is 12.3. The van der Waals surface area contributed by atoms with Crippen LogP contribution in [0.1, 0.15) is 57.4 Å². The maximum Gasteiger partial charge on any atom is 0.0482 e. The molecule has 0 spiro atoms. The second-order valence-electron chi connectivity index (χ2n) is 4.75. The zero-order valence-electron chi connectivity index (χ0n) is 10.7. The summed E-state index contributed by atoms with van der Waals surface area (Å²) in [5.74, 6) is 0. The van der Waals surface area contributed by atoms with Gasteiger partial charge in [0.25, 0.3) is 0 Å². The second-order valence-corrected chi connectivity index (χ2v) is 6.57. The summed E-state index contributed by atoms with van der Waals surface area (Å²) >= 11 is 3.81. The van der Waals surface area contributed by atoms with Gasteiger partial charge in [0, 0.05) is 9.40 Å². The van der Waals surface area contributed by atoms with Gasteiger partial charge in [0.15, 0.2) is 0 Å². The number of hydrogen-bond acceptors (Lipinski definition) is 2. The molecule has 0 aromatic carbocycles. The summed E-state index contributed by atoms with van der Waals surface area (Å²) in [7, 11) is 0. The lowest BCUT2D eigenvalue weighted by atomic mass is 10.1. The van der Waals surface area contributed by atoms with Crippen LogP contribution in [0.15, 0.2) is 16.8 Å². The van der Waals surface area contributed by atoms with E-state index in [0.29, 0.717) is 0 Å². The number of aryl methyl sites for hydroxylation is 1. The fourth-order valence-electron chi connectivity index (χ4n) is 2.26. The van der Waals surface area contributed by atoms with Gasteiger partial charge in [0.2, 0.25) is 0 Å². The fraction of sp³-hybridized carbons (Fsp3) is 0.600. The Bertz CT molecular complexity index is 425. The molecule has 0 amide bonds. The summed E-state index contributed by atoms with van der Waals surface area (Å²) in [5.41, 5.74) is 1.59. The van der Waals surface area contributed by atoms with Crippen molar-refractivity contribution < 1.29 is 0 Å². The number of hydrogen-bond donors (Lipinski definition) is 0. The molecule has 2 heterocycles. The van der Waals surface area contributed by atoms with Crippen molar-refractivity contribution in [3.05, 3.63) is 22.4 Å². The molecule has 0 aliphatic heterocycles. The first-order valence-electron chi connectivity index (χ1n) is 6.85. The quantitative estimate of drug-likeness (QED) is 0.495. The third-order valence-electron chi connectivity index (χ3n) is 3.30. The highest BCUT2D eigenvalue weighted by atomic mass is 32.1. The Labute approximate surface area is 113 Å². The van der Waals surface area contributed by atoms with Crippen LogP contribution in [0.5, 0.6) is 0 Å². The van der Waals surface area contributed by atoms with Crippen molar-refractivity contribution in [2.75, 3.05) is 0 Å². The Morgan fingerprint density at radius 1 is 0.941 bits per heavy atom. The predicted molar refractivity (Wildman–Crippen MR) is 81.4 cm³/mol. The van der Waals surface area contributed by atoms with Crippen LogP contribution in [-0.4, -0.2) is 0 Å². The molecule has 94 valence electrons. The van der Waals surface area contributed by atoms with E-state index in [9.17, 15) is 0 Å². The van der Waals surface area contributed by atoms with Gasteiger partial charge in [0.05, 0.1) is 0 Å². The van der Waals surface area contributed by atoms with Crippen LogP contribution in [-0.2, 0) is 6.42 Å². The SMILES string of the molecule is CCCCCCCCCc1csc2ccsc12. The van der Waals surface area contributed by atoms with Gasteiger partial charge in [-0.2, -0.15) is 0 Å². The van der Waals surface area contributed by atoms with Gasteiger partial charge in [-0.05, 0) is 35.2 Å². The molecule has 0 unspecified atom stereocenters. The van der Waals surface area contributed by atoms with Gasteiger partial charge in [-0.3, -0.25) is 0 Å². The lowest BCUT2D eigenvalue weighted by Crippen LogP contribution is -1.84. The van der Waals surface area contributed by atoms with Crippen LogP contribution in [0.3, 0.4) is 0 Å². The molecular formula is C15H22S2. The molecule has 0 nitrogen and oxygen atoms in total. The summed E-state index contributed by atoms with van der Waals surface area (Å²) in [6.45, 7) is 2.28. The predicted octanol–water partition coefficient (Wildman–Crippen LogP) is 6.26. The molecule has 0 aliphatic rings. The minimum Gasteiger partial charge on any atom is -0.143 e. The van der Waals surface area contributed by atoms with Crippen LogP contribution in [0.4, 0.5) is 0 Å². The molecule has 2 heteroatoms. The van der Waals surface area contributed by atoms with Crippen molar-refractivity contribution in [1.29, 1.82) is 0 Å². The van der Waals surface area contributed by atoms with Gasteiger partial charge in [0.1, 0.15) is 0 Å². The number of thiophene rings is 2. The van der Waals surface area contributed by atoms with Gasteiger partial charge in [-0.1, -0.05) is 45.4 Å². The van der Waals surface area contributed by atoms with E-state index in [0.717, 1.165) is 0 Å². The first-order chi connectivity index (χ1) is 8.42. The van der Waals surface area contributed by atoms with Crippen LogP contribution in [0, 0.1) is 0 Å². The Morgan fingerprint density at radius 2 is 1.71 bits per heavy atom. The Morgan fingerprint density at radius 3 is 2.53 bits per heavy atom. The lowest BCUT2D eigenvalue weighted by molar-refractivity contribution is 0.590. The summed E-state index contributed by atoms with van der Waals surface area (Å²) in [4.78, 5) is 0. The molecule has 17 heavy (non-hydrogen) atoms. The second kappa shape index (κ2) is 7.17. The largest absolute Gasteiger partial charge is 0.143 e. The minimum absolute atomic E-state index is 1.29. The maximum absolute atomic E-state index is 2.36. The summed E-state index contributed by atoms with van der Waals surface area (Å²) in [6, 6.07) is 2.25. The van der Waals surface area contributed by atoms with E-state index in [2.05, 4.69) is 23.8 Å². The van der Waals surface area contributed by atoms with Gasteiger partial charge < -0.3 is 0 Å². The van der Waals surface area contributed by atoms with E-state index in [1.807, 2.05) is 22.7 Å². The molecule has 2 rings (SSSR count). The van der Waals surface area contributed by atoms with Gasteiger partial charge in [-0.15, -0.1) is 22.7 Å². The molecule has 0 aliphatic carbocycles. The Balaban J connectivity index is 1.64. The van der Waals surface area contributed by atoms with E-state index in [1.54, 1.807) is 10.3 Å². The highest BCUT2D eigenvalue weighted by Gasteiger charge is 2.04. The van der Waals surface area contributed by atoms with E-state index in [1.165, 1.54) is 56.1 Å². The van der Waals surface area contributed by atoms with Crippen LogP contribution < -0.4 is 0 Å². The first-order valence-corrected chi connectivity index (χ1v) is 8.61. The van der Waals surface area contributed by atoms with Crippen molar-refractivity contribution >= 4 is 32.1 Å². The van der Waals surface area contributed by atoms with Gasteiger partial charge >= 0.3 is 0 Å². The molecule has 0 bridgehead atoms. The van der Waals surface area contributed by atoms with E-state index in [4.69, 9.17) is 0 Å². The third kappa shape index (κ3) is 3.82. The molecule has 0 radical (unpaired) electrons. The van der Waals surface area contributed by atoms with Crippen molar-refractivity contribution in [2.45, 2.75) is 58.3 Å². The number of fused-ring (bicyclic) bond motifs is 1. The number of unbranched alkanes of at least 4 members (excludes halogenated alkanes) is 6. The highest BCUT2D eigenvalue weighted by Crippen LogP contribution is 2.31. The van der Waals surface area contributed by atoms with Crippen molar-refractivity contribution in [1.82, 2.24) is 0 Å². The lowest BCUT2D eigenvalue weighted by Gasteiger charge is -2.00. The summed E-state index contributed by atoms with van der Waals surface area (Å²) < 4.78 is 3.02. The molecular weight excluding hydrogens is 244 g/mol. The molecule has 0 saturated carbocycles. The van der Waals surface area contributed by atoms with E-state index >= 15 is 0 Å². The summed E-state index contributed by atoms with van der Waals surface area (Å²) in [6.07, 6.45) is 11.1. The van der Waals surface area contributed by atoms with Crippen molar-refractivity contribution in [3.8, 4) is 0 Å². The van der Waals surface area contributed by atoms with Crippen LogP contribution in [0.2, 0.25) is 0 Å². The zero-order chi connectivity index (χ0) is 11.9. The molecule has 0 saturated heterocycles. The Kier molecular flexibility index (Phi) is 5.53. The van der Waals surface area contributed by atoms with Crippen LogP contribution in [0.25, 0.3) is 9.40 Å². The molecule has 0 atom stereocenters. The van der Waals surface area contributed by atoms with E-state index in [-0.39, 0.29) is 0 Å². The summed E-state index contributed by atoms with van der Waals surface area (Å²) in [5, 5.41) is 4.58. The minimum atomic E-state index is 1.29.